The zero-order valence-electron chi connectivity index (χ0n) is 13.3. The van der Waals surface area contributed by atoms with Crippen molar-refractivity contribution in [1.29, 1.82) is 0 Å². The molecule has 0 aliphatic heterocycles. The van der Waals surface area contributed by atoms with E-state index in [0.29, 0.717) is 19.8 Å². The largest absolute Gasteiger partial charge is 0.520 e. The van der Waals surface area contributed by atoms with Gasteiger partial charge in [0.05, 0.1) is 0 Å². The van der Waals surface area contributed by atoms with Crippen molar-refractivity contribution in [3.63, 3.8) is 0 Å². The molecule has 0 N–H and O–H groups in total. The Morgan fingerprint density at radius 2 is 1.29 bits per heavy atom. The van der Waals surface area contributed by atoms with Gasteiger partial charge >= 0.3 is 8.80 Å². The van der Waals surface area contributed by atoms with Gasteiger partial charge < -0.3 is 13.3 Å². The second-order valence-electron chi connectivity index (χ2n) is 4.92. The molecule has 5 heteroatoms. The molecule has 3 nitrogen and oxygen atoms in total. The number of rotatable bonds is 11. The number of benzene rings is 1. The van der Waals surface area contributed by atoms with Gasteiger partial charge in [-0.3, -0.25) is 0 Å². The van der Waals surface area contributed by atoms with Gasteiger partial charge in [-0.2, -0.15) is 0 Å². The highest BCUT2D eigenvalue weighted by Crippen LogP contribution is 2.35. The van der Waals surface area contributed by atoms with Gasteiger partial charge in [-0.05, 0) is 24.8 Å². The molecule has 21 heavy (non-hydrogen) atoms. The van der Waals surface area contributed by atoms with E-state index in [0.717, 1.165) is 24.8 Å². The van der Waals surface area contributed by atoms with Crippen molar-refractivity contribution >= 4 is 24.7 Å². The summed E-state index contributed by atoms with van der Waals surface area (Å²) in [6.45, 7) is 8.29. The Morgan fingerprint density at radius 1 is 0.857 bits per heavy atom. The predicted octanol–water partition coefficient (Wildman–Crippen LogP) is 4.88. The van der Waals surface area contributed by atoms with Crippen LogP contribution in [0.3, 0.4) is 0 Å². The van der Waals surface area contributed by atoms with Crippen LogP contribution in [0.25, 0.3) is 0 Å². The zero-order chi connectivity index (χ0) is 15.6. The highest BCUT2D eigenvalue weighted by Gasteiger charge is 2.49. The van der Waals surface area contributed by atoms with E-state index >= 15 is 0 Å². The summed E-state index contributed by atoms with van der Waals surface area (Å²) >= 11 is 3.79. The van der Waals surface area contributed by atoms with E-state index in [4.69, 9.17) is 13.3 Å². The molecule has 0 radical (unpaired) electrons. The molecule has 0 aromatic heterocycles. The first-order valence-electron chi connectivity index (χ1n) is 7.81. The van der Waals surface area contributed by atoms with E-state index in [1.165, 1.54) is 0 Å². The van der Waals surface area contributed by atoms with Crippen LogP contribution < -0.4 is 0 Å². The van der Waals surface area contributed by atoms with Crippen LogP contribution in [0.1, 0.15) is 50.0 Å². The predicted molar refractivity (Wildman–Crippen MR) is 92.6 cm³/mol. The third-order valence-corrected chi connectivity index (χ3v) is 7.91. The van der Waals surface area contributed by atoms with Gasteiger partial charge in [-0.1, -0.05) is 67.0 Å². The first-order chi connectivity index (χ1) is 10.2. The molecule has 1 atom stereocenters. The van der Waals surface area contributed by atoms with Crippen molar-refractivity contribution in [2.75, 3.05) is 19.8 Å². The van der Waals surface area contributed by atoms with Crippen molar-refractivity contribution in [3.8, 4) is 0 Å². The summed E-state index contributed by atoms with van der Waals surface area (Å²) < 4.78 is 18.4. The first-order valence-corrected chi connectivity index (χ1v) is 10.5. The Hall–Kier alpha value is -0.203. The SMILES string of the molecule is CCCO[Si](OCCC)(OCCC)C(Br)c1ccccc1. The second kappa shape index (κ2) is 10.5. The molecule has 0 aliphatic rings. The smallest absolute Gasteiger partial charge is 0.373 e. The van der Waals surface area contributed by atoms with Crippen LogP contribution in [-0.2, 0) is 13.3 Å². The fourth-order valence-electron chi connectivity index (χ4n) is 1.90. The van der Waals surface area contributed by atoms with Gasteiger partial charge in [-0.15, -0.1) is 0 Å². The molecule has 1 rings (SSSR count). The van der Waals surface area contributed by atoms with Gasteiger partial charge in [0.15, 0.2) is 0 Å². The van der Waals surface area contributed by atoms with Crippen molar-refractivity contribution in [2.45, 2.75) is 44.5 Å². The van der Waals surface area contributed by atoms with E-state index < -0.39 is 8.80 Å². The van der Waals surface area contributed by atoms with Crippen LogP contribution in [0.15, 0.2) is 30.3 Å². The van der Waals surface area contributed by atoms with E-state index in [-0.39, 0.29) is 4.45 Å². The molecular weight excluding hydrogens is 348 g/mol. The summed E-state index contributed by atoms with van der Waals surface area (Å²) in [6, 6.07) is 10.2. The molecule has 0 spiro atoms. The molecular formula is C16H27BrO3Si. The fourth-order valence-corrected chi connectivity index (χ4v) is 6.15. The maximum absolute atomic E-state index is 6.15. The lowest BCUT2D eigenvalue weighted by atomic mass is 10.2. The average molecular weight is 375 g/mol. The summed E-state index contributed by atoms with van der Waals surface area (Å²) in [4.78, 5) is 0. The zero-order valence-corrected chi connectivity index (χ0v) is 15.9. The van der Waals surface area contributed by atoms with Gasteiger partial charge in [-0.25, -0.2) is 0 Å². The lowest BCUT2D eigenvalue weighted by molar-refractivity contribution is 0.0580. The van der Waals surface area contributed by atoms with Gasteiger partial charge in [0.1, 0.15) is 4.45 Å². The highest BCUT2D eigenvalue weighted by molar-refractivity contribution is 9.09. The topological polar surface area (TPSA) is 27.7 Å². The summed E-state index contributed by atoms with van der Waals surface area (Å²) in [5.41, 5.74) is 1.15. The normalized spacial score (nSPS) is 13.3. The Labute approximate surface area is 138 Å². The maximum atomic E-state index is 6.15. The molecule has 1 aromatic rings. The Kier molecular flexibility index (Phi) is 9.43. The van der Waals surface area contributed by atoms with Crippen LogP contribution in [0.5, 0.6) is 0 Å². The molecule has 0 bridgehead atoms. The number of halogens is 1. The summed E-state index contributed by atoms with van der Waals surface area (Å²) in [5, 5.41) is 0. The van der Waals surface area contributed by atoms with Crippen LogP contribution >= 0.6 is 15.9 Å². The quantitative estimate of drug-likeness (QED) is 0.408. The van der Waals surface area contributed by atoms with Crippen molar-refractivity contribution in [1.82, 2.24) is 0 Å². The van der Waals surface area contributed by atoms with Crippen LogP contribution in [-0.4, -0.2) is 28.6 Å². The van der Waals surface area contributed by atoms with E-state index in [2.05, 4.69) is 48.8 Å². The summed E-state index contributed by atoms with van der Waals surface area (Å²) in [6.07, 6.45) is 2.86. The number of hydrogen-bond donors (Lipinski definition) is 0. The standard InChI is InChI=1S/C16H27BrO3Si/c1-4-12-18-21(19-13-5-2,20-14-6-3)16(17)15-10-8-7-9-11-15/h7-11,16H,4-6,12-14H2,1-3H3. The molecule has 1 aromatic carbocycles. The molecule has 0 fully saturated rings. The van der Waals surface area contributed by atoms with E-state index in [1.807, 2.05) is 18.2 Å². The van der Waals surface area contributed by atoms with Crippen molar-refractivity contribution in [2.24, 2.45) is 0 Å². The minimum atomic E-state index is -2.79. The van der Waals surface area contributed by atoms with Crippen LogP contribution in [0.4, 0.5) is 0 Å². The lowest BCUT2D eigenvalue weighted by Crippen LogP contribution is -2.50. The van der Waals surface area contributed by atoms with Crippen LogP contribution in [0, 0.1) is 0 Å². The second-order valence-corrected chi connectivity index (χ2v) is 9.33. The number of alkyl halides is 1. The molecule has 120 valence electrons. The molecule has 0 saturated heterocycles. The minimum Gasteiger partial charge on any atom is -0.373 e. The Balaban J connectivity index is 2.99. The lowest BCUT2D eigenvalue weighted by Gasteiger charge is -2.33. The van der Waals surface area contributed by atoms with E-state index in [9.17, 15) is 0 Å². The van der Waals surface area contributed by atoms with Gasteiger partial charge in [0.25, 0.3) is 0 Å². The number of hydrogen-bond acceptors (Lipinski definition) is 3. The van der Waals surface area contributed by atoms with Crippen LogP contribution in [0.2, 0.25) is 0 Å². The minimum absolute atomic E-state index is 0.0316. The van der Waals surface area contributed by atoms with Gasteiger partial charge in [0.2, 0.25) is 0 Å². The fraction of sp³-hybridized carbons (Fsp3) is 0.625. The van der Waals surface area contributed by atoms with Gasteiger partial charge in [0, 0.05) is 19.8 Å². The highest BCUT2D eigenvalue weighted by atomic mass is 79.9. The molecule has 0 saturated carbocycles. The van der Waals surface area contributed by atoms with Crippen molar-refractivity contribution < 1.29 is 13.3 Å². The molecule has 1 unspecified atom stereocenters. The summed E-state index contributed by atoms with van der Waals surface area (Å²) in [5.74, 6) is 0. The molecule has 0 heterocycles. The first kappa shape index (κ1) is 18.8. The molecule has 0 aliphatic carbocycles. The summed E-state index contributed by atoms with van der Waals surface area (Å²) in [7, 11) is -2.79. The average Bonchev–Trinajstić information content (AvgIpc) is 2.55. The van der Waals surface area contributed by atoms with E-state index in [1.54, 1.807) is 0 Å². The Bertz CT molecular complexity index is 353. The van der Waals surface area contributed by atoms with Crippen molar-refractivity contribution in [3.05, 3.63) is 35.9 Å². The third kappa shape index (κ3) is 5.83. The maximum Gasteiger partial charge on any atom is 0.520 e. The monoisotopic (exact) mass is 374 g/mol. The Morgan fingerprint density at radius 3 is 1.67 bits per heavy atom. The third-order valence-electron chi connectivity index (χ3n) is 2.92. The molecule has 0 amide bonds.